The lowest BCUT2D eigenvalue weighted by Gasteiger charge is -2.11. The van der Waals surface area contributed by atoms with Gasteiger partial charge in [0.1, 0.15) is 0 Å². The van der Waals surface area contributed by atoms with Crippen LogP contribution in [0.5, 0.6) is 5.88 Å². The number of ether oxygens (including phenoxy) is 1. The molecule has 0 bridgehead atoms. The summed E-state index contributed by atoms with van der Waals surface area (Å²) in [5.41, 5.74) is 5.66. The number of aromatic nitrogens is 5. The molecule has 5 rings (SSSR count). The lowest BCUT2D eigenvalue weighted by atomic mass is 9.94. The third-order valence-electron chi connectivity index (χ3n) is 6.40. The summed E-state index contributed by atoms with van der Waals surface area (Å²) in [4.78, 5) is 25.1. The molecular weight excluding hydrogens is 478 g/mol. The van der Waals surface area contributed by atoms with E-state index in [0.29, 0.717) is 25.1 Å². The second kappa shape index (κ2) is 10.1. The highest BCUT2D eigenvalue weighted by Gasteiger charge is 2.51. The predicted molar refractivity (Wildman–Crippen MR) is 138 cm³/mol. The van der Waals surface area contributed by atoms with Crippen LogP contribution in [0, 0.1) is 0 Å². The van der Waals surface area contributed by atoms with E-state index in [0.717, 1.165) is 39.3 Å². The number of aliphatic carboxylic acids is 1. The average Bonchev–Trinajstić information content (AvgIpc) is 3.59. The number of rotatable bonds is 8. The van der Waals surface area contributed by atoms with Crippen LogP contribution in [0.25, 0.3) is 22.4 Å². The standard InChI is InChI=1S/C27H27N5O3.ClH/c1-17(2)35-25-16-28-14-21(31-25)12-24-22(15-30-32(24)3)23-9-6-19(13-29-23)18-4-7-20(8-5-18)27(10-11-27)26(33)34;/h4-9,13-17H,10-12H2,1-3H3,(H,33,34);1H. The van der Waals surface area contributed by atoms with E-state index in [9.17, 15) is 9.90 Å². The van der Waals surface area contributed by atoms with Gasteiger partial charge in [-0.25, -0.2) is 4.98 Å². The normalized spacial score (nSPS) is 13.8. The first-order valence-corrected chi connectivity index (χ1v) is 11.6. The summed E-state index contributed by atoms with van der Waals surface area (Å²) in [6.07, 6.45) is 8.98. The lowest BCUT2D eigenvalue weighted by Crippen LogP contribution is -2.19. The third kappa shape index (κ3) is 4.95. The Kier molecular flexibility index (Phi) is 7.08. The molecule has 0 aliphatic heterocycles. The molecule has 0 saturated heterocycles. The quantitative estimate of drug-likeness (QED) is 0.365. The van der Waals surface area contributed by atoms with Crippen LogP contribution in [0.2, 0.25) is 0 Å². The van der Waals surface area contributed by atoms with Gasteiger partial charge in [-0.15, -0.1) is 12.4 Å². The van der Waals surface area contributed by atoms with Crippen molar-refractivity contribution < 1.29 is 14.6 Å². The predicted octanol–water partition coefficient (Wildman–Crippen LogP) is 4.86. The van der Waals surface area contributed by atoms with E-state index in [1.165, 1.54) is 0 Å². The zero-order valence-electron chi connectivity index (χ0n) is 20.4. The molecule has 4 aromatic rings. The second-order valence-electron chi connectivity index (χ2n) is 9.22. The molecule has 1 saturated carbocycles. The Morgan fingerprint density at radius 3 is 2.39 bits per heavy atom. The zero-order valence-corrected chi connectivity index (χ0v) is 21.2. The number of nitrogens with zero attached hydrogens (tertiary/aromatic N) is 5. The number of pyridine rings is 1. The minimum absolute atomic E-state index is 0. The van der Waals surface area contributed by atoms with E-state index in [1.54, 1.807) is 12.4 Å². The van der Waals surface area contributed by atoms with Crippen LogP contribution in [-0.2, 0) is 23.7 Å². The number of halogens is 1. The molecule has 8 nitrogen and oxygen atoms in total. The first-order valence-electron chi connectivity index (χ1n) is 11.6. The van der Waals surface area contributed by atoms with Gasteiger partial charge >= 0.3 is 5.97 Å². The fourth-order valence-electron chi connectivity index (χ4n) is 4.28. The van der Waals surface area contributed by atoms with Crippen molar-refractivity contribution in [1.82, 2.24) is 24.7 Å². The Balaban J connectivity index is 0.00000304. The van der Waals surface area contributed by atoms with Crippen molar-refractivity contribution in [1.29, 1.82) is 0 Å². The smallest absolute Gasteiger partial charge is 0.314 e. The number of carboxylic acid groups (broad SMARTS) is 1. The zero-order chi connectivity index (χ0) is 24.6. The molecule has 3 heterocycles. The average molecular weight is 506 g/mol. The SMILES string of the molecule is CC(C)Oc1cncc(Cc2c(-c3ccc(-c4ccc(C5(C(=O)O)CC5)cc4)cn3)cnn2C)n1.Cl. The first kappa shape index (κ1) is 25.3. The van der Waals surface area contributed by atoms with E-state index >= 15 is 0 Å². The molecule has 1 aromatic carbocycles. The molecule has 9 heteroatoms. The molecule has 0 unspecified atom stereocenters. The maximum absolute atomic E-state index is 11.6. The molecule has 36 heavy (non-hydrogen) atoms. The molecule has 1 aliphatic rings. The summed E-state index contributed by atoms with van der Waals surface area (Å²) in [6.45, 7) is 3.91. The fourth-order valence-corrected chi connectivity index (χ4v) is 4.28. The molecule has 0 spiro atoms. The Bertz CT molecular complexity index is 1360. The summed E-state index contributed by atoms with van der Waals surface area (Å²) >= 11 is 0. The maximum atomic E-state index is 11.6. The lowest BCUT2D eigenvalue weighted by molar-refractivity contribution is -0.140. The van der Waals surface area contributed by atoms with Crippen LogP contribution in [0.3, 0.4) is 0 Å². The second-order valence-corrected chi connectivity index (χ2v) is 9.22. The van der Waals surface area contributed by atoms with Crippen molar-refractivity contribution in [3.8, 4) is 28.3 Å². The van der Waals surface area contributed by atoms with Crippen molar-refractivity contribution in [2.24, 2.45) is 7.05 Å². The minimum Gasteiger partial charge on any atom is -0.481 e. The third-order valence-corrected chi connectivity index (χ3v) is 6.40. The van der Waals surface area contributed by atoms with Gasteiger partial charge in [0.25, 0.3) is 0 Å². The minimum atomic E-state index is -0.742. The Morgan fingerprint density at radius 1 is 1.06 bits per heavy atom. The molecular formula is C27H28ClN5O3. The number of aryl methyl sites for hydroxylation is 1. The van der Waals surface area contributed by atoms with E-state index < -0.39 is 11.4 Å². The highest BCUT2D eigenvalue weighted by Crippen LogP contribution is 2.48. The summed E-state index contributed by atoms with van der Waals surface area (Å²) in [5, 5.41) is 14.0. The van der Waals surface area contributed by atoms with Gasteiger partial charge < -0.3 is 9.84 Å². The van der Waals surface area contributed by atoms with E-state index in [1.807, 2.05) is 74.4 Å². The highest BCUT2D eigenvalue weighted by atomic mass is 35.5. The molecule has 186 valence electrons. The van der Waals surface area contributed by atoms with Gasteiger partial charge in [0.15, 0.2) is 0 Å². The molecule has 1 aliphatic carbocycles. The number of benzene rings is 1. The van der Waals surface area contributed by atoms with Crippen molar-refractivity contribution >= 4 is 18.4 Å². The van der Waals surface area contributed by atoms with Gasteiger partial charge in [0.05, 0.1) is 41.0 Å². The Labute approximate surface area is 215 Å². The van der Waals surface area contributed by atoms with Gasteiger partial charge in [0.2, 0.25) is 5.88 Å². The van der Waals surface area contributed by atoms with Crippen molar-refractivity contribution in [2.45, 2.75) is 44.6 Å². The summed E-state index contributed by atoms with van der Waals surface area (Å²) in [5.74, 6) is -0.237. The van der Waals surface area contributed by atoms with E-state index in [2.05, 4.69) is 15.1 Å². The molecule has 0 radical (unpaired) electrons. The maximum Gasteiger partial charge on any atom is 0.314 e. The van der Waals surface area contributed by atoms with Crippen LogP contribution < -0.4 is 4.74 Å². The fraction of sp³-hybridized carbons (Fsp3) is 0.296. The highest BCUT2D eigenvalue weighted by molar-refractivity contribution is 5.85. The largest absolute Gasteiger partial charge is 0.481 e. The number of hydrogen-bond acceptors (Lipinski definition) is 6. The Morgan fingerprint density at radius 2 is 1.78 bits per heavy atom. The summed E-state index contributed by atoms with van der Waals surface area (Å²) < 4.78 is 7.51. The summed E-state index contributed by atoms with van der Waals surface area (Å²) in [6, 6.07) is 11.8. The molecule has 3 aromatic heterocycles. The van der Waals surface area contributed by atoms with Gasteiger partial charge in [-0.2, -0.15) is 5.10 Å². The van der Waals surface area contributed by atoms with E-state index in [-0.39, 0.29) is 18.5 Å². The molecule has 1 N–H and O–H groups in total. The monoisotopic (exact) mass is 505 g/mol. The van der Waals surface area contributed by atoms with Crippen LogP contribution in [0.4, 0.5) is 0 Å². The molecule has 0 atom stereocenters. The topological polar surface area (TPSA) is 103 Å². The molecule has 1 fully saturated rings. The van der Waals surface area contributed by atoms with Gasteiger partial charge in [-0.1, -0.05) is 30.3 Å². The van der Waals surface area contributed by atoms with Crippen LogP contribution in [0.15, 0.2) is 61.2 Å². The Hall–Kier alpha value is -3.78. The van der Waals surface area contributed by atoms with Crippen LogP contribution in [-0.4, -0.2) is 41.9 Å². The van der Waals surface area contributed by atoms with E-state index in [4.69, 9.17) is 9.72 Å². The van der Waals surface area contributed by atoms with Gasteiger partial charge in [-0.05, 0) is 43.9 Å². The number of carboxylic acids is 1. The van der Waals surface area contributed by atoms with Crippen LogP contribution >= 0.6 is 12.4 Å². The molecule has 0 amide bonds. The van der Waals surface area contributed by atoms with Crippen LogP contribution in [0.1, 0.15) is 43.6 Å². The number of carbonyl (C=O) groups is 1. The van der Waals surface area contributed by atoms with Crippen molar-refractivity contribution in [3.63, 3.8) is 0 Å². The number of hydrogen-bond donors (Lipinski definition) is 1. The van der Waals surface area contributed by atoms with Gasteiger partial charge in [-0.3, -0.25) is 19.4 Å². The van der Waals surface area contributed by atoms with Crippen molar-refractivity contribution in [3.05, 3.63) is 78.1 Å². The van der Waals surface area contributed by atoms with Gasteiger partial charge in [0, 0.05) is 37.0 Å². The summed E-state index contributed by atoms with van der Waals surface area (Å²) in [7, 11) is 1.90. The first-order chi connectivity index (χ1) is 16.9. The van der Waals surface area contributed by atoms with Crippen molar-refractivity contribution in [2.75, 3.05) is 0 Å².